The van der Waals surface area contributed by atoms with Gasteiger partial charge in [-0.3, -0.25) is 9.36 Å². The lowest BCUT2D eigenvalue weighted by Gasteiger charge is -2.13. The van der Waals surface area contributed by atoms with Gasteiger partial charge in [0.2, 0.25) is 0 Å². The van der Waals surface area contributed by atoms with Crippen molar-refractivity contribution in [1.29, 1.82) is 0 Å². The summed E-state index contributed by atoms with van der Waals surface area (Å²) in [6.07, 6.45) is -2.19. The van der Waals surface area contributed by atoms with Crippen LogP contribution in [0.2, 0.25) is 0 Å². The van der Waals surface area contributed by atoms with Crippen LogP contribution in [0, 0.1) is 0 Å². The number of hydrogen-bond acceptors (Lipinski definition) is 5. The summed E-state index contributed by atoms with van der Waals surface area (Å²) in [6, 6.07) is 5.19. The lowest BCUT2D eigenvalue weighted by Crippen LogP contribution is -2.23. The number of fused-ring (bicyclic) bond motifs is 1. The minimum Gasteiger partial charge on any atom is -0.406 e. The van der Waals surface area contributed by atoms with Crippen LogP contribution in [-0.2, 0) is 6.42 Å². The van der Waals surface area contributed by atoms with Crippen molar-refractivity contribution in [2.45, 2.75) is 22.8 Å². The number of rotatable bonds is 3. The third-order valence-corrected chi connectivity index (χ3v) is 4.92. The van der Waals surface area contributed by atoms with E-state index >= 15 is 0 Å². The molecule has 0 saturated carbocycles. The normalized spacial score (nSPS) is 13.9. The van der Waals surface area contributed by atoms with Crippen molar-refractivity contribution in [2.75, 3.05) is 12.0 Å². The van der Waals surface area contributed by atoms with Gasteiger partial charge >= 0.3 is 6.36 Å². The molecule has 9 heteroatoms. The predicted molar refractivity (Wildman–Crippen MR) is 82.7 cm³/mol. The molecule has 2 aromatic rings. The molecule has 1 aromatic carbocycles. The lowest BCUT2D eigenvalue weighted by molar-refractivity contribution is -0.274. The summed E-state index contributed by atoms with van der Waals surface area (Å²) < 4.78 is 41.9. The molecule has 1 aliphatic rings. The highest BCUT2D eigenvalue weighted by molar-refractivity contribution is 7.99. The number of hydrogen-bond donors (Lipinski definition) is 0. The van der Waals surface area contributed by atoms with Gasteiger partial charge in [-0.15, -0.1) is 24.9 Å². The van der Waals surface area contributed by atoms with Crippen molar-refractivity contribution in [3.05, 3.63) is 40.3 Å². The van der Waals surface area contributed by atoms with Gasteiger partial charge < -0.3 is 4.74 Å². The Morgan fingerprint density at radius 1 is 1.30 bits per heavy atom. The molecule has 1 aromatic heterocycles. The fourth-order valence-corrected chi connectivity index (χ4v) is 3.85. The van der Waals surface area contributed by atoms with Gasteiger partial charge in [0.15, 0.2) is 5.16 Å². The van der Waals surface area contributed by atoms with Crippen LogP contribution in [0.1, 0.15) is 5.69 Å². The van der Waals surface area contributed by atoms with Gasteiger partial charge in [0.25, 0.3) is 5.56 Å². The van der Waals surface area contributed by atoms with E-state index in [0.29, 0.717) is 15.7 Å². The van der Waals surface area contributed by atoms with Gasteiger partial charge in [-0.2, -0.15) is 0 Å². The third kappa shape index (κ3) is 3.35. The highest BCUT2D eigenvalue weighted by Crippen LogP contribution is 2.30. The molecule has 3 rings (SSSR count). The van der Waals surface area contributed by atoms with Crippen LogP contribution in [0.5, 0.6) is 5.75 Å². The molecule has 4 nitrogen and oxygen atoms in total. The van der Waals surface area contributed by atoms with Gasteiger partial charge in [0.1, 0.15) is 5.75 Å². The number of ether oxygens (including phenoxy) is 1. The zero-order chi connectivity index (χ0) is 16.6. The molecule has 0 spiro atoms. The fourth-order valence-electron chi connectivity index (χ4n) is 2.25. The van der Waals surface area contributed by atoms with Gasteiger partial charge in [-0.25, -0.2) is 4.98 Å². The molecule has 0 saturated heterocycles. The van der Waals surface area contributed by atoms with Gasteiger partial charge in [-0.05, 0) is 30.5 Å². The summed E-state index contributed by atoms with van der Waals surface area (Å²) in [4.78, 5) is 17.7. The molecule has 23 heavy (non-hydrogen) atoms. The summed E-state index contributed by atoms with van der Waals surface area (Å²) in [5, 5.41) is 0.515. The first-order chi connectivity index (χ1) is 10.9. The second-order valence-electron chi connectivity index (χ2n) is 4.66. The van der Waals surface area contributed by atoms with Crippen LogP contribution in [0.15, 0.2) is 39.1 Å². The maximum Gasteiger partial charge on any atom is 0.573 e. The Balaban J connectivity index is 2.03. The molecule has 2 heterocycles. The molecule has 1 aliphatic heterocycles. The van der Waals surface area contributed by atoms with Crippen molar-refractivity contribution in [3.63, 3.8) is 0 Å². The van der Waals surface area contributed by atoms with Gasteiger partial charge in [0, 0.05) is 12.2 Å². The minimum absolute atomic E-state index is 0.189. The molecular weight excluding hydrogens is 349 g/mol. The Morgan fingerprint density at radius 2 is 2.00 bits per heavy atom. The van der Waals surface area contributed by atoms with Crippen molar-refractivity contribution in [1.82, 2.24) is 9.55 Å². The Morgan fingerprint density at radius 3 is 2.61 bits per heavy atom. The monoisotopic (exact) mass is 360 g/mol. The Kier molecular flexibility index (Phi) is 4.33. The summed E-state index contributed by atoms with van der Waals surface area (Å²) >= 11 is 2.77. The van der Waals surface area contributed by atoms with Crippen molar-refractivity contribution in [3.8, 4) is 11.4 Å². The predicted octanol–water partition coefficient (Wildman–Crippen LogP) is 3.50. The Hall–Kier alpha value is -1.61. The zero-order valence-corrected chi connectivity index (χ0v) is 13.5. The van der Waals surface area contributed by atoms with Crippen molar-refractivity contribution in [2.24, 2.45) is 0 Å². The fraction of sp³-hybridized carbons (Fsp3) is 0.286. The van der Waals surface area contributed by atoms with Crippen LogP contribution < -0.4 is 10.3 Å². The second kappa shape index (κ2) is 6.12. The highest BCUT2D eigenvalue weighted by atomic mass is 32.2. The van der Waals surface area contributed by atoms with Gasteiger partial charge in [0.05, 0.1) is 16.3 Å². The standard InChI is InChI=1S/C14H11F3N2O2S2/c1-22-13-18-10-6-7-23-11(10)12(20)19(13)8-2-4-9(5-3-8)21-14(15,16)17/h2-5H,6-7H2,1H3. The lowest BCUT2D eigenvalue weighted by atomic mass is 10.3. The molecule has 122 valence electrons. The minimum atomic E-state index is -4.74. The van der Waals surface area contributed by atoms with E-state index in [0.717, 1.165) is 17.9 Å². The third-order valence-electron chi connectivity index (χ3n) is 3.18. The first-order valence-electron chi connectivity index (χ1n) is 6.58. The number of thioether (sulfide) groups is 2. The zero-order valence-electron chi connectivity index (χ0n) is 11.9. The van der Waals surface area contributed by atoms with E-state index in [9.17, 15) is 18.0 Å². The molecule has 0 aliphatic carbocycles. The molecule has 0 N–H and O–H groups in total. The van der Waals surface area contributed by atoms with Crippen LogP contribution in [0.3, 0.4) is 0 Å². The van der Waals surface area contributed by atoms with E-state index in [4.69, 9.17) is 0 Å². The average molecular weight is 360 g/mol. The highest BCUT2D eigenvalue weighted by Gasteiger charge is 2.31. The number of aromatic nitrogens is 2. The maximum atomic E-state index is 12.6. The molecule has 0 unspecified atom stereocenters. The quantitative estimate of drug-likeness (QED) is 0.619. The van der Waals surface area contributed by atoms with Crippen LogP contribution in [-0.4, -0.2) is 27.9 Å². The van der Waals surface area contributed by atoms with E-state index in [1.165, 1.54) is 52.4 Å². The van der Waals surface area contributed by atoms with Crippen LogP contribution >= 0.6 is 23.5 Å². The van der Waals surface area contributed by atoms with Crippen molar-refractivity contribution < 1.29 is 17.9 Å². The first-order valence-corrected chi connectivity index (χ1v) is 8.79. The molecule has 0 fully saturated rings. The molecule has 0 bridgehead atoms. The topological polar surface area (TPSA) is 44.1 Å². The molecule has 0 amide bonds. The molecule has 0 radical (unpaired) electrons. The number of alkyl halides is 3. The Bertz CT molecular complexity index is 788. The van der Waals surface area contributed by atoms with E-state index < -0.39 is 6.36 Å². The Labute approximate surface area is 138 Å². The number of nitrogens with zero attached hydrogens (tertiary/aromatic N) is 2. The van der Waals surface area contributed by atoms with Gasteiger partial charge in [-0.1, -0.05) is 11.8 Å². The SMILES string of the molecule is CSc1nc2c(c(=O)n1-c1ccc(OC(F)(F)F)cc1)SCC2. The van der Waals surface area contributed by atoms with E-state index in [1.807, 2.05) is 0 Å². The number of aryl methyl sites for hydroxylation is 1. The summed E-state index contributed by atoms with van der Waals surface area (Å²) in [7, 11) is 0. The second-order valence-corrected chi connectivity index (χ2v) is 6.53. The van der Waals surface area contributed by atoms with Crippen LogP contribution in [0.4, 0.5) is 13.2 Å². The smallest absolute Gasteiger partial charge is 0.406 e. The summed E-state index contributed by atoms with van der Waals surface area (Å²) in [5.41, 5.74) is 1.06. The number of benzene rings is 1. The summed E-state index contributed by atoms with van der Waals surface area (Å²) in [6.45, 7) is 0. The van der Waals surface area contributed by atoms with Crippen LogP contribution in [0.25, 0.3) is 5.69 Å². The van der Waals surface area contributed by atoms with E-state index in [2.05, 4.69) is 9.72 Å². The number of halogens is 3. The summed E-state index contributed by atoms with van der Waals surface area (Å²) in [5.74, 6) is 0.483. The average Bonchev–Trinajstić information content (AvgIpc) is 2.95. The maximum absolute atomic E-state index is 12.6. The molecular formula is C14H11F3N2O2S2. The van der Waals surface area contributed by atoms with Crippen molar-refractivity contribution >= 4 is 23.5 Å². The van der Waals surface area contributed by atoms with E-state index in [-0.39, 0.29) is 11.3 Å². The molecule has 0 atom stereocenters. The first kappa shape index (κ1) is 16.3. The van der Waals surface area contributed by atoms with E-state index in [1.54, 1.807) is 6.26 Å². The largest absolute Gasteiger partial charge is 0.573 e.